The van der Waals surface area contributed by atoms with Crippen molar-refractivity contribution in [3.63, 3.8) is 0 Å². The van der Waals surface area contributed by atoms with E-state index in [1.807, 2.05) is 0 Å². The molecule has 2 unspecified atom stereocenters. The lowest BCUT2D eigenvalue weighted by Crippen LogP contribution is -2.63. The zero-order chi connectivity index (χ0) is 20.8. The zero-order valence-electron chi connectivity index (χ0n) is 18.8. The van der Waals surface area contributed by atoms with Crippen molar-refractivity contribution in [2.45, 2.75) is 95.4 Å². The highest BCUT2D eigenvalue weighted by molar-refractivity contribution is 5.84. The van der Waals surface area contributed by atoms with Crippen molar-refractivity contribution < 1.29 is 4.79 Å². The molecule has 0 radical (unpaired) electrons. The first-order chi connectivity index (χ1) is 14.5. The fourth-order valence-corrected chi connectivity index (χ4v) is 8.70. The van der Waals surface area contributed by atoms with Gasteiger partial charge in [0.25, 0.3) is 0 Å². The first-order valence-electron chi connectivity index (χ1n) is 12.6. The predicted molar refractivity (Wildman–Crippen MR) is 122 cm³/mol. The van der Waals surface area contributed by atoms with Gasteiger partial charge in [-0.25, -0.2) is 0 Å². The van der Waals surface area contributed by atoms with Gasteiger partial charge in [-0.15, -0.1) is 0 Å². The van der Waals surface area contributed by atoms with Crippen molar-refractivity contribution in [2.24, 2.45) is 28.4 Å². The average molecular weight is 409 g/mol. The Morgan fingerprint density at radius 1 is 1.03 bits per heavy atom. The van der Waals surface area contributed by atoms with E-state index in [0.717, 1.165) is 38.6 Å². The summed E-state index contributed by atoms with van der Waals surface area (Å²) >= 11 is 0. The van der Waals surface area contributed by atoms with Gasteiger partial charge >= 0.3 is 0 Å². The van der Waals surface area contributed by atoms with E-state index in [9.17, 15) is 4.79 Å². The Labute approximate surface area is 182 Å². The number of hydrogen-bond acceptors (Lipinski definition) is 2. The van der Waals surface area contributed by atoms with Gasteiger partial charge in [-0.1, -0.05) is 43.7 Å². The molecule has 0 aromatic heterocycles. The molecule has 5 saturated carbocycles. The van der Waals surface area contributed by atoms with E-state index in [4.69, 9.17) is 5.73 Å². The zero-order valence-corrected chi connectivity index (χ0v) is 18.8. The largest absolute Gasteiger partial charge is 0.353 e. The van der Waals surface area contributed by atoms with Crippen LogP contribution in [0.2, 0.25) is 0 Å². The third kappa shape index (κ3) is 3.42. The molecule has 164 valence electrons. The molecule has 30 heavy (non-hydrogen) atoms. The monoisotopic (exact) mass is 408 g/mol. The van der Waals surface area contributed by atoms with Crippen LogP contribution in [0.3, 0.4) is 0 Å². The van der Waals surface area contributed by atoms with Gasteiger partial charge in [-0.2, -0.15) is 0 Å². The number of carbonyl (C=O) groups is 1. The summed E-state index contributed by atoms with van der Waals surface area (Å²) < 4.78 is 0. The van der Waals surface area contributed by atoms with Gasteiger partial charge in [0.05, 0.1) is 5.41 Å². The van der Waals surface area contributed by atoms with Crippen molar-refractivity contribution in [3.05, 3.63) is 35.9 Å². The minimum Gasteiger partial charge on any atom is -0.353 e. The summed E-state index contributed by atoms with van der Waals surface area (Å²) in [5.41, 5.74) is 7.82. The van der Waals surface area contributed by atoms with Crippen LogP contribution in [0.4, 0.5) is 0 Å². The molecular formula is C27H40N2O. The van der Waals surface area contributed by atoms with Crippen LogP contribution in [-0.4, -0.2) is 18.5 Å². The maximum Gasteiger partial charge on any atom is 0.226 e. The molecule has 5 aliphatic rings. The van der Waals surface area contributed by atoms with Crippen LogP contribution in [0, 0.1) is 22.7 Å². The number of nitrogens with one attached hydrogen (secondary N) is 1. The summed E-state index contributed by atoms with van der Waals surface area (Å²) in [6.07, 6.45) is 14.3. The molecule has 0 saturated heterocycles. The van der Waals surface area contributed by atoms with Gasteiger partial charge in [-0.3, -0.25) is 4.79 Å². The number of nitrogens with two attached hydrogens (primary N) is 1. The molecule has 5 aliphatic carbocycles. The molecule has 3 N–H and O–H groups in total. The van der Waals surface area contributed by atoms with Crippen molar-refractivity contribution in [1.82, 2.24) is 5.32 Å². The van der Waals surface area contributed by atoms with E-state index in [1.165, 1.54) is 50.5 Å². The van der Waals surface area contributed by atoms with Crippen LogP contribution >= 0.6 is 0 Å². The van der Waals surface area contributed by atoms with Crippen LogP contribution in [0.25, 0.3) is 0 Å². The molecule has 1 aromatic rings. The first-order valence-corrected chi connectivity index (χ1v) is 12.6. The van der Waals surface area contributed by atoms with Crippen molar-refractivity contribution >= 4 is 5.91 Å². The molecule has 4 bridgehead atoms. The van der Waals surface area contributed by atoms with Crippen molar-refractivity contribution in [3.8, 4) is 0 Å². The van der Waals surface area contributed by atoms with Gasteiger partial charge in [0, 0.05) is 6.04 Å². The highest BCUT2D eigenvalue weighted by Gasteiger charge is 2.65. The van der Waals surface area contributed by atoms with Gasteiger partial charge < -0.3 is 11.1 Å². The van der Waals surface area contributed by atoms with Crippen LogP contribution < -0.4 is 11.1 Å². The lowest BCUT2D eigenvalue weighted by atomic mass is 9.37. The average Bonchev–Trinajstić information content (AvgIpc) is 2.74. The second-order valence-corrected chi connectivity index (χ2v) is 11.6. The Morgan fingerprint density at radius 3 is 2.50 bits per heavy atom. The normalized spacial score (nSPS) is 42.3. The Morgan fingerprint density at radius 2 is 1.80 bits per heavy atom. The smallest absolute Gasteiger partial charge is 0.226 e. The summed E-state index contributed by atoms with van der Waals surface area (Å²) in [6.45, 7) is 3.13. The van der Waals surface area contributed by atoms with Crippen molar-refractivity contribution in [1.29, 1.82) is 0 Å². The van der Waals surface area contributed by atoms with E-state index in [1.54, 1.807) is 0 Å². The van der Waals surface area contributed by atoms with Gasteiger partial charge in [0.2, 0.25) is 5.91 Å². The molecule has 5 fully saturated rings. The molecule has 3 nitrogen and oxygen atoms in total. The van der Waals surface area contributed by atoms with Crippen LogP contribution in [-0.2, 0) is 10.2 Å². The van der Waals surface area contributed by atoms with Crippen LogP contribution in [0.1, 0.15) is 89.5 Å². The van der Waals surface area contributed by atoms with Gasteiger partial charge in [0.15, 0.2) is 0 Å². The van der Waals surface area contributed by atoms with Crippen LogP contribution in [0.5, 0.6) is 0 Å². The summed E-state index contributed by atoms with van der Waals surface area (Å²) in [6, 6.07) is 11.6. The van der Waals surface area contributed by atoms with Crippen LogP contribution in [0.15, 0.2) is 30.3 Å². The standard InChI is InChI=1S/C27H40N2O/c1-2-12-25-13-21-14-26(17-25,22-6-4-3-5-7-22)19-27(15-21,18-25)24(30)29-23-10-8-20(16-28)9-11-23/h3-7,20-21,23H,2,8-19,28H2,1H3,(H,29,30)/t20-,21?,23+,25-,26-,27?/m1/s1. The van der Waals surface area contributed by atoms with Gasteiger partial charge in [0.1, 0.15) is 0 Å². The summed E-state index contributed by atoms with van der Waals surface area (Å²) in [7, 11) is 0. The number of carbonyl (C=O) groups excluding carboxylic acids is 1. The third-order valence-electron chi connectivity index (χ3n) is 9.35. The Bertz CT molecular complexity index is 770. The quantitative estimate of drug-likeness (QED) is 0.668. The minimum absolute atomic E-state index is 0.144. The molecule has 3 heteroatoms. The summed E-state index contributed by atoms with van der Waals surface area (Å²) in [4.78, 5) is 13.9. The second kappa shape index (κ2) is 7.65. The fourth-order valence-electron chi connectivity index (χ4n) is 8.70. The molecule has 0 spiro atoms. The number of benzene rings is 1. The molecule has 4 atom stereocenters. The Balaban J connectivity index is 1.42. The molecular weight excluding hydrogens is 368 g/mol. The molecule has 6 rings (SSSR count). The third-order valence-corrected chi connectivity index (χ3v) is 9.35. The Kier molecular flexibility index (Phi) is 5.24. The maximum atomic E-state index is 13.9. The molecule has 1 amide bonds. The van der Waals surface area contributed by atoms with E-state index in [-0.39, 0.29) is 10.8 Å². The van der Waals surface area contributed by atoms with E-state index in [2.05, 4.69) is 42.6 Å². The molecule has 1 aromatic carbocycles. The number of hydrogen-bond donors (Lipinski definition) is 2. The fraction of sp³-hybridized carbons (Fsp3) is 0.741. The van der Waals surface area contributed by atoms with E-state index in [0.29, 0.717) is 29.2 Å². The summed E-state index contributed by atoms with van der Waals surface area (Å²) in [5, 5.41) is 3.57. The highest BCUT2D eigenvalue weighted by atomic mass is 16.2. The highest BCUT2D eigenvalue weighted by Crippen LogP contribution is 2.71. The minimum atomic E-state index is -0.144. The lowest BCUT2D eigenvalue weighted by Gasteiger charge is -2.66. The Hall–Kier alpha value is -1.35. The maximum absolute atomic E-state index is 13.9. The number of amides is 1. The molecule has 0 heterocycles. The molecule has 0 aliphatic heterocycles. The number of rotatable bonds is 6. The van der Waals surface area contributed by atoms with E-state index < -0.39 is 0 Å². The van der Waals surface area contributed by atoms with E-state index >= 15 is 0 Å². The van der Waals surface area contributed by atoms with Gasteiger partial charge in [-0.05, 0) is 105 Å². The second-order valence-electron chi connectivity index (χ2n) is 11.6. The van der Waals surface area contributed by atoms with Crippen molar-refractivity contribution in [2.75, 3.05) is 6.54 Å². The first kappa shape index (κ1) is 20.5. The topological polar surface area (TPSA) is 55.1 Å². The predicted octanol–water partition coefficient (Wildman–Crippen LogP) is 5.33. The lowest BCUT2D eigenvalue weighted by molar-refractivity contribution is -0.164. The summed E-state index contributed by atoms with van der Waals surface area (Å²) in [5.74, 6) is 1.77. The SMILES string of the molecule is CCC[C@]12CC3CC(C(=O)N[C@H]4CC[C@@H](CN)CC4)(C1)C[C@@](c1ccccc1)(C3)C2.